The number of thioether (sulfide) groups is 1. The summed E-state index contributed by atoms with van der Waals surface area (Å²) in [5, 5.41) is 13.2. The number of carbonyl (C=O) groups excluding carboxylic acids is 2. The molecule has 1 amide bonds. The summed E-state index contributed by atoms with van der Waals surface area (Å²) in [6.45, 7) is 14.0. The molecular formula is C26H31ClN4O4S2. The number of nitrogens with one attached hydrogen (secondary N) is 1. The third-order valence-electron chi connectivity index (χ3n) is 5.36. The van der Waals surface area contributed by atoms with Crippen LogP contribution in [0.4, 0.5) is 5.00 Å². The van der Waals surface area contributed by atoms with Crippen molar-refractivity contribution in [3.63, 3.8) is 0 Å². The number of carbonyl (C=O) groups is 2. The zero-order valence-corrected chi connectivity index (χ0v) is 24.0. The average Bonchev–Trinajstić information content (AvgIpc) is 3.45. The van der Waals surface area contributed by atoms with Crippen molar-refractivity contribution >= 4 is 51.6 Å². The maximum atomic E-state index is 12.8. The first kappa shape index (κ1) is 28.7. The van der Waals surface area contributed by atoms with E-state index in [1.807, 2.05) is 44.4 Å². The Morgan fingerprint density at radius 3 is 2.57 bits per heavy atom. The van der Waals surface area contributed by atoms with Crippen molar-refractivity contribution in [3.8, 4) is 5.75 Å². The fraction of sp³-hybridized carbons (Fsp3) is 0.385. The van der Waals surface area contributed by atoms with E-state index in [4.69, 9.17) is 21.1 Å². The van der Waals surface area contributed by atoms with Gasteiger partial charge in [-0.05, 0) is 63.4 Å². The zero-order valence-electron chi connectivity index (χ0n) is 21.6. The highest BCUT2D eigenvalue weighted by Crippen LogP contribution is 2.31. The fourth-order valence-electron chi connectivity index (χ4n) is 3.60. The predicted octanol–water partition coefficient (Wildman–Crippen LogP) is 6.41. The smallest absolute Gasteiger partial charge is 0.341 e. The molecular weight excluding hydrogens is 532 g/mol. The summed E-state index contributed by atoms with van der Waals surface area (Å²) < 4.78 is 13.1. The topological polar surface area (TPSA) is 95.3 Å². The molecule has 0 aliphatic rings. The van der Waals surface area contributed by atoms with Gasteiger partial charge in [0, 0.05) is 16.4 Å². The van der Waals surface area contributed by atoms with E-state index in [9.17, 15) is 9.59 Å². The van der Waals surface area contributed by atoms with E-state index in [2.05, 4.69) is 22.1 Å². The quantitative estimate of drug-likeness (QED) is 0.155. The molecule has 37 heavy (non-hydrogen) atoms. The minimum Gasteiger partial charge on any atom is -0.483 e. The molecule has 0 saturated heterocycles. The number of aromatic nitrogens is 3. The van der Waals surface area contributed by atoms with Crippen molar-refractivity contribution in [1.82, 2.24) is 14.8 Å². The number of rotatable bonds is 12. The Kier molecular flexibility index (Phi) is 10.2. The van der Waals surface area contributed by atoms with Gasteiger partial charge in [-0.15, -0.1) is 28.1 Å². The van der Waals surface area contributed by atoms with E-state index in [0.29, 0.717) is 33.8 Å². The van der Waals surface area contributed by atoms with Crippen LogP contribution in [0.1, 0.15) is 59.1 Å². The number of anilines is 1. The number of hydrogen-bond acceptors (Lipinski definition) is 8. The van der Waals surface area contributed by atoms with Crippen molar-refractivity contribution < 1.29 is 19.1 Å². The Morgan fingerprint density at radius 2 is 1.95 bits per heavy atom. The maximum Gasteiger partial charge on any atom is 0.341 e. The number of hydrogen-bond donors (Lipinski definition) is 1. The molecule has 0 radical (unpaired) electrons. The summed E-state index contributed by atoms with van der Waals surface area (Å²) >= 11 is 8.90. The van der Waals surface area contributed by atoms with Crippen molar-refractivity contribution in [3.05, 3.63) is 63.3 Å². The van der Waals surface area contributed by atoms with Crippen LogP contribution in [0.25, 0.3) is 0 Å². The van der Waals surface area contributed by atoms with Crippen LogP contribution >= 0.6 is 34.7 Å². The molecule has 0 aliphatic heterocycles. The van der Waals surface area contributed by atoms with Crippen LogP contribution < -0.4 is 10.1 Å². The predicted molar refractivity (Wildman–Crippen MR) is 149 cm³/mol. The van der Waals surface area contributed by atoms with Gasteiger partial charge in [-0.2, -0.15) is 0 Å². The Balaban J connectivity index is 1.71. The number of aryl methyl sites for hydroxylation is 3. The number of thiophene rings is 1. The lowest BCUT2D eigenvalue weighted by Crippen LogP contribution is -2.17. The van der Waals surface area contributed by atoms with Gasteiger partial charge in [0.2, 0.25) is 5.91 Å². The van der Waals surface area contributed by atoms with E-state index in [-0.39, 0.29) is 18.3 Å². The molecule has 3 rings (SSSR count). The van der Waals surface area contributed by atoms with Gasteiger partial charge in [0.15, 0.2) is 17.1 Å². The molecule has 0 bridgehead atoms. The molecule has 2 aromatic heterocycles. The molecule has 1 atom stereocenters. The standard InChI is InChI=1S/C26H31ClN4O4S2/c1-7-10-31-23(17(6)35-18-11-15(4)22(27)16(5)12-18)29-30-26(31)36-14-21(32)28-24-20(25(33)34-9-3)13-19(8-2)37-24/h7,11-13,17H,1,8-10,14H2,2-6H3,(H,28,32). The number of amides is 1. The lowest BCUT2D eigenvalue weighted by atomic mass is 10.1. The number of halogens is 1. The van der Waals surface area contributed by atoms with Crippen molar-refractivity contribution in [2.24, 2.45) is 0 Å². The fourth-order valence-corrected chi connectivity index (χ4v) is 5.47. The van der Waals surface area contributed by atoms with E-state index in [0.717, 1.165) is 27.4 Å². The molecule has 1 aromatic carbocycles. The highest BCUT2D eigenvalue weighted by atomic mass is 35.5. The second-order valence-electron chi connectivity index (χ2n) is 8.24. The number of benzene rings is 1. The van der Waals surface area contributed by atoms with Crippen LogP contribution in [0.2, 0.25) is 5.02 Å². The van der Waals surface area contributed by atoms with Gasteiger partial charge >= 0.3 is 5.97 Å². The SMILES string of the molecule is C=CCn1c(SCC(=O)Nc2sc(CC)cc2C(=O)OCC)nnc1C(C)Oc1cc(C)c(Cl)c(C)c1. The summed E-state index contributed by atoms with van der Waals surface area (Å²) in [6, 6.07) is 5.54. The van der Waals surface area contributed by atoms with E-state index in [1.54, 1.807) is 19.1 Å². The third kappa shape index (κ3) is 7.15. The zero-order chi connectivity index (χ0) is 27.1. The van der Waals surface area contributed by atoms with Crippen LogP contribution in [0.5, 0.6) is 5.75 Å². The number of esters is 1. The average molecular weight is 563 g/mol. The minimum atomic E-state index is -0.447. The molecule has 0 spiro atoms. The lowest BCUT2D eigenvalue weighted by Gasteiger charge is -2.17. The summed E-state index contributed by atoms with van der Waals surface area (Å²) in [7, 11) is 0. The molecule has 11 heteroatoms. The molecule has 8 nitrogen and oxygen atoms in total. The molecule has 2 heterocycles. The van der Waals surface area contributed by atoms with Crippen LogP contribution in [0.3, 0.4) is 0 Å². The second-order valence-corrected chi connectivity index (χ2v) is 10.7. The largest absolute Gasteiger partial charge is 0.483 e. The third-order valence-corrected chi connectivity index (χ3v) is 8.11. The van der Waals surface area contributed by atoms with Gasteiger partial charge in [0.25, 0.3) is 0 Å². The Labute approximate surface area is 230 Å². The number of allylic oxidation sites excluding steroid dienone is 1. The van der Waals surface area contributed by atoms with Gasteiger partial charge in [-0.25, -0.2) is 4.79 Å². The van der Waals surface area contributed by atoms with Gasteiger partial charge in [0.05, 0.1) is 17.9 Å². The molecule has 3 aromatic rings. The first-order valence-corrected chi connectivity index (χ1v) is 14.1. The van der Waals surface area contributed by atoms with E-state index in [1.165, 1.54) is 23.1 Å². The van der Waals surface area contributed by atoms with Crippen molar-refractivity contribution in [2.45, 2.75) is 58.8 Å². The molecule has 1 N–H and O–H groups in total. The highest BCUT2D eigenvalue weighted by molar-refractivity contribution is 7.99. The lowest BCUT2D eigenvalue weighted by molar-refractivity contribution is -0.113. The second kappa shape index (κ2) is 13.1. The Bertz CT molecular complexity index is 1260. The summed E-state index contributed by atoms with van der Waals surface area (Å²) in [5.74, 6) is 0.682. The van der Waals surface area contributed by atoms with E-state index >= 15 is 0 Å². The van der Waals surface area contributed by atoms with Gasteiger partial charge in [-0.3, -0.25) is 9.36 Å². The first-order chi connectivity index (χ1) is 17.7. The van der Waals surface area contributed by atoms with E-state index < -0.39 is 12.1 Å². The van der Waals surface area contributed by atoms with Crippen LogP contribution in [-0.4, -0.2) is 39.0 Å². The maximum absolute atomic E-state index is 12.8. The van der Waals surface area contributed by atoms with Gasteiger partial charge in [-0.1, -0.05) is 36.4 Å². The van der Waals surface area contributed by atoms with Gasteiger partial charge < -0.3 is 14.8 Å². The molecule has 0 fully saturated rings. The van der Waals surface area contributed by atoms with Crippen molar-refractivity contribution in [2.75, 3.05) is 17.7 Å². The van der Waals surface area contributed by atoms with Gasteiger partial charge in [0.1, 0.15) is 10.8 Å². The van der Waals surface area contributed by atoms with Crippen LogP contribution in [0, 0.1) is 13.8 Å². The normalized spacial score (nSPS) is 11.7. The number of ether oxygens (including phenoxy) is 2. The highest BCUT2D eigenvalue weighted by Gasteiger charge is 2.22. The van der Waals surface area contributed by atoms with Crippen LogP contribution in [0.15, 0.2) is 36.0 Å². The number of nitrogens with zero attached hydrogens (tertiary/aromatic N) is 3. The first-order valence-electron chi connectivity index (χ1n) is 11.9. The monoisotopic (exact) mass is 562 g/mol. The van der Waals surface area contributed by atoms with Crippen molar-refractivity contribution in [1.29, 1.82) is 0 Å². The Hall–Kier alpha value is -2.82. The minimum absolute atomic E-state index is 0.0850. The molecule has 0 aliphatic carbocycles. The summed E-state index contributed by atoms with van der Waals surface area (Å²) in [6.07, 6.45) is 2.09. The summed E-state index contributed by atoms with van der Waals surface area (Å²) in [5.41, 5.74) is 2.24. The molecule has 1 unspecified atom stereocenters. The summed E-state index contributed by atoms with van der Waals surface area (Å²) in [4.78, 5) is 26.1. The Morgan fingerprint density at radius 1 is 1.24 bits per heavy atom. The molecule has 198 valence electrons. The van der Waals surface area contributed by atoms with Crippen LogP contribution in [-0.2, 0) is 22.5 Å². The molecule has 0 saturated carbocycles.